The Labute approximate surface area is 149 Å². The van der Waals surface area contributed by atoms with Gasteiger partial charge in [-0.1, -0.05) is 24.6 Å². The fraction of sp³-hybridized carbons (Fsp3) is 0.158. The van der Waals surface area contributed by atoms with Crippen LogP contribution >= 0.6 is 11.6 Å². The number of aryl methyl sites for hydroxylation is 1. The van der Waals surface area contributed by atoms with E-state index in [9.17, 15) is 9.59 Å². The topological polar surface area (TPSA) is 68.5 Å². The van der Waals surface area contributed by atoms with Crippen LogP contribution in [0.15, 0.2) is 57.7 Å². The second-order valence-corrected chi connectivity index (χ2v) is 5.89. The number of benzene rings is 2. The fourth-order valence-corrected chi connectivity index (χ4v) is 2.70. The van der Waals surface area contributed by atoms with Crippen LogP contribution in [-0.4, -0.2) is 12.5 Å². The molecule has 1 aromatic heterocycles. The van der Waals surface area contributed by atoms with Gasteiger partial charge in [-0.15, -0.1) is 0 Å². The molecule has 0 spiro atoms. The van der Waals surface area contributed by atoms with Crippen LogP contribution in [0, 0.1) is 0 Å². The second kappa shape index (κ2) is 7.40. The summed E-state index contributed by atoms with van der Waals surface area (Å²) in [6.45, 7) is 1.80. The second-order valence-electron chi connectivity index (χ2n) is 5.45. The van der Waals surface area contributed by atoms with Gasteiger partial charge in [0.1, 0.15) is 11.3 Å². The van der Waals surface area contributed by atoms with Gasteiger partial charge in [-0.25, -0.2) is 4.79 Å². The molecule has 25 heavy (non-hydrogen) atoms. The van der Waals surface area contributed by atoms with Crippen molar-refractivity contribution in [3.8, 4) is 5.75 Å². The first kappa shape index (κ1) is 17.0. The molecule has 0 fully saturated rings. The van der Waals surface area contributed by atoms with Crippen molar-refractivity contribution in [3.05, 3.63) is 69.5 Å². The van der Waals surface area contributed by atoms with E-state index in [1.54, 1.807) is 36.4 Å². The van der Waals surface area contributed by atoms with Crippen LogP contribution in [0.2, 0.25) is 5.02 Å². The largest absolute Gasteiger partial charge is 0.484 e. The van der Waals surface area contributed by atoms with Crippen LogP contribution in [-0.2, 0) is 11.2 Å². The average molecular weight is 358 g/mol. The van der Waals surface area contributed by atoms with Gasteiger partial charge in [-0.2, -0.15) is 0 Å². The van der Waals surface area contributed by atoms with Crippen LogP contribution in [0.4, 0.5) is 5.69 Å². The minimum atomic E-state index is -0.403. The van der Waals surface area contributed by atoms with Crippen molar-refractivity contribution in [2.75, 3.05) is 11.9 Å². The normalized spacial score (nSPS) is 10.6. The predicted octanol–water partition coefficient (Wildman–Crippen LogP) is 4.03. The molecule has 0 aliphatic heterocycles. The van der Waals surface area contributed by atoms with E-state index in [0.29, 0.717) is 22.0 Å². The first-order valence-electron chi connectivity index (χ1n) is 7.80. The molecular formula is C19H16ClNO4. The number of nitrogens with one attached hydrogen (secondary N) is 1. The van der Waals surface area contributed by atoms with Crippen molar-refractivity contribution in [2.24, 2.45) is 0 Å². The van der Waals surface area contributed by atoms with Crippen LogP contribution in [0.1, 0.15) is 12.5 Å². The molecule has 1 amide bonds. The van der Waals surface area contributed by atoms with Gasteiger partial charge in [0.2, 0.25) is 0 Å². The van der Waals surface area contributed by atoms with Crippen molar-refractivity contribution in [1.29, 1.82) is 0 Å². The van der Waals surface area contributed by atoms with Gasteiger partial charge >= 0.3 is 5.63 Å². The Kier molecular flexibility index (Phi) is 5.05. The molecule has 1 heterocycles. The van der Waals surface area contributed by atoms with Crippen molar-refractivity contribution in [2.45, 2.75) is 13.3 Å². The summed E-state index contributed by atoms with van der Waals surface area (Å²) in [4.78, 5) is 23.6. The van der Waals surface area contributed by atoms with Gasteiger partial charge < -0.3 is 14.5 Å². The monoisotopic (exact) mass is 357 g/mol. The molecule has 6 heteroatoms. The van der Waals surface area contributed by atoms with Crippen LogP contribution in [0.5, 0.6) is 5.75 Å². The van der Waals surface area contributed by atoms with Gasteiger partial charge in [0, 0.05) is 28.2 Å². The highest BCUT2D eigenvalue weighted by Crippen LogP contribution is 2.23. The Balaban J connectivity index is 1.70. The number of fused-ring (bicyclic) bond motifs is 1. The fourth-order valence-electron chi connectivity index (χ4n) is 2.50. The third-order valence-electron chi connectivity index (χ3n) is 3.66. The van der Waals surface area contributed by atoms with Crippen molar-refractivity contribution < 1.29 is 13.9 Å². The molecule has 3 rings (SSSR count). The summed E-state index contributed by atoms with van der Waals surface area (Å²) in [7, 11) is 0. The summed E-state index contributed by atoms with van der Waals surface area (Å²) in [6, 6.07) is 13.5. The van der Waals surface area contributed by atoms with Crippen molar-refractivity contribution in [3.63, 3.8) is 0 Å². The van der Waals surface area contributed by atoms with Crippen LogP contribution < -0.4 is 15.7 Å². The van der Waals surface area contributed by atoms with Crippen molar-refractivity contribution in [1.82, 2.24) is 0 Å². The molecule has 0 saturated carbocycles. The van der Waals surface area contributed by atoms with E-state index in [1.165, 1.54) is 6.07 Å². The Morgan fingerprint density at radius 1 is 1.20 bits per heavy atom. The predicted molar refractivity (Wildman–Crippen MR) is 97.4 cm³/mol. The molecule has 0 unspecified atom stereocenters. The number of hydrogen-bond acceptors (Lipinski definition) is 4. The SMILES string of the molecule is CCc1cc(=O)oc2cc(OCC(=O)Nc3cccc(Cl)c3)ccc12. The van der Waals surface area contributed by atoms with E-state index >= 15 is 0 Å². The van der Waals surface area contributed by atoms with Crippen LogP contribution in [0.3, 0.4) is 0 Å². The minimum absolute atomic E-state index is 0.171. The van der Waals surface area contributed by atoms with E-state index in [-0.39, 0.29) is 12.5 Å². The molecule has 0 aliphatic carbocycles. The number of carbonyl (C=O) groups is 1. The van der Waals surface area contributed by atoms with Gasteiger partial charge in [-0.05, 0) is 42.3 Å². The summed E-state index contributed by atoms with van der Waals surface area (Å²) in [5.74, 6) is 0.135. The summed E-state index contributed by atoms with van der Waals surface area (Å²) in [6.07, 6.45) is 0.727. The molecule has 3 aromatic rings. The van der Waals surface area contributed by atoms with Crippen LogP contribution in [0.25, 0.3) is 11.0 Å². The molecule has 0 saturated heterocycles. The van der Waals surface area contributed by atoms with Gasteiger partial charge in [0.25, 0.3) is 5.91 Å². The maximum Gasteiger partial charge on any atom is 0.336 e. The van der Waals surface area contributed by atoms with E-state index in [1.807, 2.05) is 13.0 Å². The van der Waals surface area contributed by atoms with Crippen molar-refractivity contribution >= 4 is 34.2 Å². The molecule has 128 valence electrons. The highest BCUT2D eigenvalue weighted by atomic mass is 35.5. The molecule has 0 aliphatic rings. The third-order valence-corrected chi connectivity index (χ3v) is 3.90. The Hall–Kier alpha value is -2.79. The summed E-state index contributed by atoms with van der Waals surface area (Å²) in [5.41, 5.74) is 1.55. The lowest BCUT2D eigenvalue weighted by molar-refractivity contribution is -0.118. The lowest BCUT2D eigenvalue weighted by Gasteiger charge is -2.09. The number of hydrogen-bond donors (Lipinski definition) is 1. The van der Waals surface area contributed by atoms with E-state index < -0.39 is 5.63 Å². The summed E-state index contributed by atoms with van der Waals surface area (Å²) >= 11 is 5.88. The van der Waals surface area contributed by atoms with Gasteiger partial charge in [0.05, 0.1) is 0 Å². The zero-order valence-corrected chi connectivity index (χ0v) is 14.3. The Morgan fingerprint density at radius 2 is 2.04 bits per heavy atom. The molecule has 2 aromatic carbocycles. The number of anilines is 1. The lowest BCUT2D eigenvalue weighted by atomic mass is 10.1. The molecule has 0 radical (unpaired) electrons. The summed E-state index contributed by atoms with van der Waals surface area (Å²) < 4.78 is 10.7. The number of amides is 1. The third kappa shape index (κ3) is 4.19. The zero-order valence-electron chi connectivity index (χ0n) is 13.5. The van der Waals surface area contributed by atoms with Gasteiger partial charge in [0.15, 0.2) is 6.61 Å². The van der Waals surface area contributed by atoms with Gasteiger partial charge in [-0.3, -0.25) is 4.79 Å². The molecule has 5 nitrogen and oxygen atoms in total. The standard InChI is InChI=1S/C19H16ClNO4/c1-2-12-8-19(23)25-17-10-15(6-7-16(12)17)24-11-18(22)21-14-5-3-4-13(20)9-14/h3-10H,2,11H2,1H3,(H,21,22). The minimum Gasteiger partial charge on any atom is -0.484 e. The Bertz CT molecular complexity index is 981. The Morgan fingerprint density at radius 3 is 2.80 bits per heavy atom. The first-order valence-corrected chi connectivity index (χ1v) is 8.18. The zero-order chi connectivity index (χ0) is 17.8. The highest BCUT2D eigenvalue weighted by Gasteiger charge is 2.08. The quantitative estimate of drug-likeness (QED) is 0.700. The first-order chi connectivity index (χ1) is 12.0. The summed E-state index contributed by atoms with van der Waals surface area (Å²) in [5, 5.41) is 4.09. The smallest absolute Gasteiger partial charge is 0.336 e. The number of rotatable bonds is 5. The molecule has 0 atom stereocenters. The van der Waals surface area contributed by atoms with E-state index in [2.05, 4.69) is 5.32 Å². The van der Waals surface area contributed by atoms with E-state index in [0.717, 1.165) is 17.4 Å². The molecular weight excluding hydrogens is 342 g/mol. The number of ether oxygens (including phenoxy) is 1. The highest BCUT2D eigenvalue weighted by molar-refractivity contribution is 6.30. The number of carbonyl (C=O) groups excluding carboxylic acids is 1. The van der Waals surface area contributed by atoms with E-state index in [4.69, 9.17) is 20.8 Å². The molecule has 0 bridgehead atoms. The maximum absolute atomic E-state index is 12.0. The molecule has 1 N–H and O–H groups in total. The number of halogens is 1. The lowest BCUT2D eigenvalue weighted by Crippen LogP contribution is -2.20. The maximum atomic E-state index is 12.0. The average Bonchev–Trinajstić information content (AvgIpc) is 2.58.